The largest absolute Gasteiger partial charge is 0.508 e. The van der Waals surface area contributed by atoms with Crippen LogP contribution >= 0.6 is 11.6 Å². The van der Waals surface area contributed by atoms with Crippen LogP contribution in [0.15, 0.2) is 24.3 Å². The minimum Gasteiger partial charge on any atom is -0.508 e. The molecule has 1 unspecified atom stereocenters. The molecule has 0 bridgehead atoms. The molecule has 0 heterocycles. The molecule has 1 rings (SSSR count). The molecule has 0 radical (unpaired) electrons. The highest BCUT2D eigenvalue weighted by atomic mass is 35.5. The van der Waals surface area contributed by atoms with Gasteiger partial charge in [0.25, 0.3) is 0 Å². The Bertz CT molecular complexity index is 404. The van der Waals surface area contributed by atoms with Crippen LogP contribution in [0.1, 0.15) is 32.4 Å². The van der Waals surface area contributed by atoms with Crippen molar-refractivity contribution in [1.82, 2.24) is 5.32 Å². The predicted molar refractivity (Wildman–Crippen MR) is 69.2 cm³/mol. The molecule has 0 saturated heterocycles. The third kappa shape index (κ3) is 3.63. The van der Waals surface area contributed by atoms with Gasteiger partial charge in [-0.2, -0.15) is 0 Å². The Morgan fingerprint density at radius 1 is 1.53 bits per heavy atom. The van der Waals surface area contributed by atoms with Gasteiger partial charge < -0.3 is 10.4 Å². The molecule has 0 aromatic heterocycles. The van der Waals surface area contributed by atoms with Crippen LogP contribution in [-0.4, -0.2) is 16.9 Å². The number of carbonyl (C=O) groups is 1. The van der Waals surface area contributed by atoms with E-state index < -0.39 is 5.41 Å². The Balaban J connectivity index is 2.73. The lowest BCUT2D eigenvalue weighted by Gasteiger charge is -2.24. The van der Waals surface area contributed by atoms with E-state index >= 15 is 0 Å². The number of hydrogen-bond donors (Lipinski definition) is 2. The van der Waals surface area contributed by atoms with Crippen LogP contribution in [0, 0.1) is 5.41 Å². The lowest BCUT2D eigenvalue weighted by Crippen LogP contribution is -2.39. The second-order valence-electron chi connectivity index (χ2n) is 4.81. The number of benzene rings is 1. The summed E-state index contributed by atoms with van der Waals surface area (Å²) in [5.74, 6) is 0.370. The molecule has 0 spiro atoms. The van der Waals surface area contributed by atoms with Gasteiger partial charge in [-0.05, 0) is 38.5 Å². The monoisotopic (exact) mass is 255 g/mol. The summed E-state index contributed by atoms with van der Waals surface area (Å²) in [6.07, 6.45) is 0. The van der Waals surface area contributed by atoms with Crippen LogP contribution in [0.4, 0.5) is 0 Å². The van der Waals surface area contributed by atoms with Gasteiger partial charge in [-0.15, -0.1) is 11.6 Å². The van der Waals surface area contributed by atoms with Crippen molar-refractivity contribution in [1.29, 1.82) is 0 Å². The maximum atomic E-state index is 11.9. The Kier molecular flexibility index (Phi) is 4.40. The molecule has 0 aliphatic heterocycles. The predicted octanol–water partition coefficient (Wildman–Crippen LogP) is 2.83. The van der Waals surface area contributed by atoms with E-state index in [0.717, 1.165) is 5.56 Å². The molecule has 0 saturated carbocycles. The summed E-state index contributed by atoms with van der Waals surface area (Å²) in [6, 6.07) is 6.69. The molecule has 94 valence electrons. The van der Waals surface area contributed by atoms with Gasteiger partial charge in [-0.1, -0.05) is 12.1 Å². The molecule has 3 nitrogen and oxygen atoms in total. The zero-order valence-electron chi connectivity index (χ0n) is 10.3. The second-order valence-corrected chi connectivity index (χ2v) is 5.07. The molecule has 1 amide bonds. The van der Waals surface area contributed by atoms with Crippen LogP contribution < -0.4 is 5.32 Å². The van der Waals surface area contributed by atoms with E-state index in [1.165, 1.54) is 0 Å². The van der Waals surface area contributed by atoms with E-state index in [2.05, 4.69) is 5.32 Å². The fraction of sp³-hybridized carbons (Fsp3) is 0.462. The fourth-order valence-electron chi connectivity index (χ4n) is 1.33. The Labute approximate surface area is 107 Å². The number of amides is 1. The molecule has 17 heavy (non-hydrogen) atoms. The quantitative estimate of drug-likeness (QED) is 0.813. The second kappa shape index (κ2) is 5.41. The number of alkyl halides is 1. The first kappa shape index (κ1) is 13.8. The summed E-state index contributed by atoms with van der Waals surface area (Å²) in [5, 5.41) is 12.2. The first-order valence-corrected chi connectivity index (χ1v) is 6.06. The average Bonchev–Trinajstić information content (AvgIpc) is 2.28. The van der Waals surface area contributed by atoms with Gasteiger partial charge in [0.15, 0.2) is 0 Å². The highest BCUT2D eigenvalue weighted by Gasteiger charge is 2.27. The number of hydrogen-bond acceptors (Lipinski definition) is 2. The van der Waals surface area contributed by atoms with Crippen molar-refractivity contribution in [3.8, 4) is 5.75 Å². The average molecular weight is 256 g/mol. The summed E-state index contributed by atoms with van der Waals surface area (Å²) in [4.78, 5) is 11.9. The first-order valence-electron chi connectivity index (χ1n) is 5.52. The van der Waals surface area contributed by atoms with Crippen LogP contribution in [0.3, 0.4) is 0 Å². The summed E-state index contributed by atoms with van der Waals surface area (Å²) >= 11 is 5.74. The molecular formula is C13H18ClNO2. The Morgan fingerprint density at radius 3 is 2.71 bits per heavy atom. The van der Waals surface area contributed by atoms with Crippen molar-refractivity contribution in [3.05, 3.63) is 29.8 Å². The van der Waals surface area contributed by atoms with Gasteiger partial charge in [-0.3, -0.25) is 4.79 Å². The first-order chi connectivity index (χ1) is 7.86. The van der Waals surface area contributed by atoms with Crippen molar-refractivity contribution < 1.29 is 9.90 Å². The van der Waals surface area contributed by atoms with E-state index in [1.807, 2.05) is 13.0 Å². The lowest BCUT2D eigenvalue weighted by molar-refractivity contribution is -0.129. The van der Waals surface area contributed by atoms with Gasteiger partial charge in [0.2, 0.25) is 5.91 Å². The minimum absolute atomic E-state index is 0.0941. The zero-order chi connectivity index (χ0) is 13.1. The summed E-state index contributed by atoms with van der Waals surface area (Å²) in [5.41, 5.74) is 0.274. The zero-order valence-corrected chi connectivity index (χ0v) is 11.1. The van der Waals surface area contributed by atoms with E-state index in [0.29, 0.717) is 0 Å². The molecule has 0 aliphatic carbocycles. The summed E-state index contributed by atoms with van der Waals surface area (Å²) in [7, 11) is 0. The number of aromatic hydroxyl groups is 1. The van der Waals surface area contributed by atoms with E-state index in [1.54, 1.807) is 32.0 Å². The number of halogens is 1. The third-order valence-electron chi connectivity index (χ3n) is 2.67. The lowest BCUT2D eigenvalue weighted by atomic mass is 9.94. The van der Waals surface area contributed by atoms with Crippen LogP contribution in [0.5, 0.6) is 5.75 Å². The molecule has 1 aromatic rings. The third-order valence-corrected chi connectivity index (χ3v) is 3.33. The van der Waals surface area contributed by atoms with Crippen molar-refractivity contribution in [2.45, 2.75) is 26.8 Å². The van der Waals surface area contributed by atoms with Crippen molar-refractivity contribution in [2.75, 3.05) is 5.88 Å². The van der Waals surface area contributed by atoms with Crippen molar-refractivity contribution in [2.24, 2.45) is 5.41 Å². The molecule has 1 aromatic carbocycles. The molecule has 0 aliphatic rings. The highest BCUT2D eigenvalue weighted by Crippen LogP contribution is 2.21. The topological polar surface area (TPSA) is 49.3 Å². The standard InChI is InChI=1S/C13H18ClNO2/c1-9(10-5-4-6-11(16)7-10)15-12(17)13(2,3)8-14/h4-7,9,16H,8H2,1-3H3,(H,15,17). The van der Waals surface area contributed by atoms with Crippen LogP contribution in [0.25, 0.3) is 0 Å². The van der Waals surface area contributed by atoms with Gasteiger partial charge >= 0.3 is 0 Å². The summed E-state index contributed by atoms with van der Waals surface area (Å²) < 4.78 is 0. The highest BCUT2D eigenvalue weighted by molar-refractivity contribution is 6.19. The number of phenolic OH excluding ortho intramolecular Hbond substituents is 1. The normalized spacial score (nSPS) is 13.2. The number of phenols is 1. The van der Waals surface area contributed by atoms with Gasteiger partial charge in [-0.25, -0.2) is 0 Å². The van der Waals surface area contributed by atoms with Gasteiger partial charge in [0, 0.05) is 5.88 Å². The van der Waals surface area contributed by atoms with Gasteiger partial charge in [0.1, 0.15) is 5.75 Å². The summed E-state index contributed by atoms with van der Waals surface area (Å²) in [6.45, 7) is 5.46. The molecular weight excluding hydrogens is 238 g/mol. The van der Waals surface area contributed by atoms with Crippen LogP contribution in [0.2, 0.25) is 0 Å². The smallest absolute Gasteiger partial charge is 0.227 e. The number of carbonyl (C=O) groups excluding carboxylic acids is 1. The van der Waals surface area contributed by atoms with Crippen LogP contribution in [-0.2, 0) is 4.79 Å². The molecule has 2 N–H and O–H groups in total. The molecule has 4 heteroatoms. The van der Waals surface area contributed by atoms with E-state index in [4.69, 9.17) is 11.6 Å². The molecule has 1 atom stereocenters. The van der Waals surface area contributed by atoms with Gasteiger partial charge in [0.05, 0.1) is 11.5 Å². The van der Waals surface area contributed by atoms with E-state index in [-0.39, 0.29) is 23.6 Å². The van der Waals surface area contributed by atoms with E-state index in [9.17, 15) is 9.90 Å². The Hall–Kier alpha value is -1.22. The Morgan fingerprint density at radius 2 is 2.18 bits per heavy atom. The molecule has 0 fully saturated rings. The fourth-order valence-corrected chi connectivity index (χ4v) is 1.45. The van der Waals surface area contributed by atoms with Crippen molar-refractivity contribution >= 4 is 17.5 Å². The SMILES string of the molecule is CC(NC(=O)C(C)(C)CCl)c1cccc(O)c1. The maximum absolute atomic E-state index is 11.9. The minimum atomic E-state index is -0.591. The maximum Gasteiger partial charge on any atom is 0.227 e. The van der Waals surface area contributed by atoms with Crippen molar-refractivity contribution in [3.63, 3.8) is 0 Å². The number of rotatable bonds is 4. The number of nitrogens with one attached hydrogen (secondary N) is 1.